The van der Waals surface area contributed by atoms with Gasteiger partial charge in [-0.3, -0.25) is 4.68 Å². The van der Waals surface area contributed by atoms with Crippen molar-refractivity contribution in [2.24, 2.45) is 7.05 Å². The topological polar surface area (TPSA) is 100 Å². The summed E-state index contributed by atoms with van der Waals surface area (Å²) in [6.45, 7) is 0.734. The Labute approximate surface area is 150 Å². The predicted octanol–water partition coefficient (Wildman–Crippen LogP) is 2.75. The first kappa shape index (κ1) is 15.0. The fourth-order valence-corrected chi connectivity index (χ4v) is 3.34. The van der Waals surface area contributed by atoms with Crippen molar-refractivity contribution in [3.8, 4) is 17.5 Å². The molecular formula is C18H18N6O2. The molecule has 8 heteroatoms. The molecule has 3 heterocycles. The molecule has 1 spiro atoms. The number of aromatic nitrogens is 4. The maximum atomic E-state index is 5.96. The van der Waals surface area contributed by atoms with Crippen molar-refractivity contribution in [1.82, 2.24) is 19.7 Å². The van der Waals surface area contributed by atoms with E-state index in [1.54, 1.807) is 23.3 Å². The molecule has 0 atom stereocenters. The van der Waals surface area contributed by atoms with Crippen molar-refractivity contribution in [3.05, 3.63) is 42.4 Å². The van der Waals surface area contributed by atoms with Crippen LogP contribution in [0.1, 0.15) is 18.4 Å². The standard InChI is InChI=1S/C18H18N6O2/c1-24-9-12(19)16(23-24)22-11-7-20-17(21-8-11)26-14-4-2-3-13-15(14)18(5-6-18)10-25-13/h2-4,7-9H,5-6,10,19H2,1H3,(H,22,23). The van der Waals surface area contributed by atoms with Crippen LogP contribution in [0, 0.1) is 0 Å². The lowest BCUT2D eigenvalue weighted by atomic mass is 9.97. The quantitative estimate of drug-likeness (QED) is 0.746. The number of benzene rings is 1. The zero-order valence-corrected chi connectivity index (χ0v) is 14.3. The first-order chi connectivity index (χ1) is 12.6. The number of fused-ring (bicyclic) bond motifs is 2. The normalized spacial score (nSPS) is 16.2. The van der Waals surface area contributed by atoms with Gasteiger partial charge in [-0.05, 0) is 25.0 Å². The summed E-state index contributed by atoms with van der Waals surface area (Å²) in [6.07, 6.45) is 7.28. The van der Waals surface area contributed by atoms with E-state index in [4.69, 9.17) is 15.2 Å². The highest BCUT2D eigenvalue weighted by molar-refractivity contribution is 5.67. The number of nitrogens with zero attached hydrogens (tertiary/aromatic N) is 4. The number of aryl methyl sites for hydroxylation is 1. The van der Waals surface area contributed by atoms with E-state index in [0.717, 1.165) is 36.5 Å². The van der Waals surface area contributed by atoms with E-state index in [2.05, 4.69) is 20.4 Å². The minimum atomic E-state index is 0.129. The zero-order chi connectivity index (χ0) is 17.7. The zero-order valence-electron chi connectivity index (χ0n) is 14.3. The van der Waals surface area contributed by atoms with Gasteiger partial charge < -0.3 is 20.5 Å². The summed E-state index contributed by atoms with van der Waals surface area (Å²) < 4.78 is 13.4. The van der Waals surface area contributed by atoms with E-state index in [-0.39, 0.29) is 5.41 Å². The van der Waals surface area contributed by atoms with Crippen LogP contribution in [0.15, 0.2) is 36.8 Å². The van der Waals surface area contributed by atoms with E-state index in [9.17, 15) is 0 Å². The van der Waals surface area contributed by atoms with Gasteiger partial charge in [-0.1, -0.05) is 6.07 Å². The first-order valence-electron chi connectivity index (χ1n) is 8.45. The van der Waals surface area contributed by atoms with Gasteiger partial charge in [-0.15, -0.1) is 0 Å². The summed E-state index contributed by atoms with van der Waals surface area (Å²) in [7, 11) is 1.81. The van der Waals surface area contributed by atoms with Gasteiger partial charge >= 0.3 is 6.01 Å². The molecule has 0 amide bonds. The van der Waals surface area contributed by atoms with E-state index < -0.39 is 0 Å². The van der Waals surface area contributed by atoms with Crippen LogP contribution in [-0.4, -0.2) is 26.4 Å². The van der Waals surface area contributed by atoms with Crippen molar-refractivity contribution in [1.29, 1.82) is 0 Å². The minimum absolute atomic E-state index is 0.129. The monoisotopic (exact) mass is 350 g/mol. The van der Waals surface area contributed by atoms with E-state index in [1.807, 2.05) is 25.2 Å². The van der Waals surface area contributed by atoms with Crippen molar-refractivity contribution in [2.45, 2.75) is 18.3 Å². The van der Waals surface area contributed by atoms with E-state index in [1.165, 1.54) is 0 Å². The van der Waals surface area contributed by atoms with Gasteiger partial charge in [-0.25, -0.2) is 9.97 Å². The summed E-state index contributed by atoms with van der Waals surface area (Å²) in [6, 6.07) is 6.15. The fraction of sp³-hybridized carbons (Fsp3) is 0.278. The Morgan fingerprint density at radius 1 is 1.27 bits per heavy atom. The molecule has 1 fully saturated rings. The summed E-state index contributed by atoms with van der Waals surface area (Å²) in [5.74, 6) is 2.24. The number of hydrogen-bond acceptors (Lipinski definition) is 7. The first-order valence-corrected chi connectivity index (χ1v) is 8.45. The second-order valence-electron chi connectivity index (χ2n) is 6.79. The van der Waals surface area contributed by atoms with Gasteiger partial charge in [0.1, 0.15) is 11.5 Å². The van der Waals surface area contributed by atoms with Crippen molar-refractivity contribution >= 4 is 17.2 Å². The summed E-state index contributed by atoms with van der Waals surface area (Å²) in [4.78, 5) is 8.58. The third kappa shape index (κ3) is 2.42. The molecule has 1 saturated carbocycles. The molecule has 5 rings (SSSR count). The Balaban J connectivity index is 1.36. The maximum absolute atomic E-state index is 5.96. The molecule has 0 radical (unpaired) electrons. The van der Waals surface area contributed by atoms with Gasteiger partial charge in [0.15, 0.2) is 5.82 Å². The molecule has 0 bridgehead atoms. The SMILES string of the molecule is Cn1cc(N)c(Nc2cnc(Oc3cccc4c3C3(CC3)CO4)nc2)n1. The molecule has 2 aromatic heterocycles. The Morgan fingerprint density at radius 3 is 2.77 bits per heavy atom. The molecule has 1 aromatic carbocycles. The van der Waals surface area contributed by atoms with Crippen LogP contribution >= 0.6 is 0 Å². The Kier molecular flexibility index (Phi) is 3.09. The van der Waals surface area contributed by atoms with Crippen LogP contribution in [0.2, 0.25) is 0 Å². The number of rotatable bonds is 4. The maximum Gasteiger partial charge on any atom is 0.322 e. The van der Waals surface area contributed by atoms with Crippen LogP contribution in [0.3, 0.4) is 0 Å². The Hall–Kier alpha value is -3.29. The van der Waals surface area contributed by atoms with Gasteiger partial charge in [-0.2, -0.15) is 5.10 Å². The third-order valence-corrected chi connectivity index (χ3v) is 4.83. The second kappa shape index (κ2) is 5.35. The van der Waals surface area contributed by atoms with E-state index in [0.29, 0.717) is 23.2 Å². The molecular weight excluding hydrogens is 332 g/mol. The van der Waals surface area contributed by atoms with Crippen LogP contribution in [0.5, 0.6) is 17.5 Å². The highest BCUT2D eigenvalue weighted by atomic mass is 16.5. The molecule has 3 aromatic rings. The lowest BCUT2D eigenvalue weighted by Crippen LogP contribution is -2.08. The second-order valence-corrected chi connectivity index (χ2v) is 6.79. The Bertz CT molecular complexity index is 978. The lowest BCUT2D eigenvalue weighted by Gasteiger charge is -2.11. The summed E-state index contributed by atoms with van der Waals surface area (Å²) in [5, 5.41) is 7.33. The summed E-state index contributed by atoms with van der Waals surface area (Å²) >= 11 is 0. The fourth-order valence-electron chi connectivity index (χ4n) is 3.34. The van der Waals surface area contributed by atoms with Gasteiger partial charge in [0, 0.05) is 24.2 Å². The summed E-state index contributed by atoms with van der Waals surface area (Å²) in [5.41, 5.74) is 8.40. The molecule has 1 aliphatic carbocycles. The highest BCUT2D eigenvalue weighted by Gasteiger charge is 2.52. The number of nitrogens with one attached hydrogen (secondary N) is 1. The number of nitrogens with two attached hydrogens (primary N) is 1. The van der Waals surface area contributed by atoms with Gasteiger partial charge in [0.05, 0.1) is 30.4 Å². The molecule has 132 valence electrons. The molecule has 2 aliphatic rings. The van der Waals surface area contributed by atoms with Crippen molar-refractivity contribution < 1.29 is 9.47 Å². The van der Waals surface area contributed by atoms with Crippen LogP contribution in [0.4, 0.5) is 17.2 Å². The number of anilines is 3. The average Bonchev–Trinajstić information content (AvgIpc) is 3.21. The van der Waals surface area contributed by atoms with Gasteiger partial charge in [0.25, 0.3) is 0 Å². The number of hydrogen-bond donors (Lipinski definition) is 2. The molecule has 3 N–H and O–H groups in total. The third-order valence-electron chi connectivity index (χ3n) is 4.83. The van der Waals surface area contributed by atoms with Crippen LogP contribution < -0.4 is 20.5 Å². The largest absolute Gasteiger partial charge is 0.492 e. The van der Waals surface area contributed by atoms with E-state index >= 15 is 0 Å². The van der Waals surface area contributed by atoms with Crippen molar-refractivity contribution in [2.75, 3.05) is 17.7 Å². The minimum Gasteiger partial charge on any atom is -0.492 e. The highest BCUT2D eigenvalue weighted by Crippen LogP contribution is 2.58. The van der Waals surface area contributed by atoms with Crippen LogP contribution in [-0.2, 0) is 12.5 Å². The molecule has 8 nitrogen and oxygen atoms in total. The molecule has 26 heavy (non-hydrogen) atoms. The molecule has 0 saturated heterocycles. The number of ether oxygens (including phenoxy) is 2. The predicted molar refractivity (Wildman–Crippen MR) is 95.9 cm³/mol. The van der Waals surface area contributed by atoms with Crippen molar-refractivity contribution in [3.63, 3.8) is 0 Å². The van der Waals surface area contributed by atoms with Crippen LogP contribution in [0.25, 0.3) is 0 Å². The molecule has 0 unspecified atom stereocenters. The Morgan fingerprint density at radius 2 is 2.08 bits per heavy atom. The number of nitrogen functional groups attached to an aromatic ring is 1. The smallest absolute Gasteiger partial charge is 0.322 e. The van der Waals surface area contributed by atoms with Gasteiger partial charge in [0.2, 0.25) is 0 Å². The average molecular weight is 350 g/mol. The molecule has 1 aliphatic heterocycles. The lowest BCUT2D eigenvalue weighted by molar-refractivity contribution is 0.323.